The van der Waals surface area contributed by atoms with E-state index in [4.69, 9.17) is 11.6 Å². The van der Waals surface area contributed by atoms with Gasteiger partial charge in [-0.05, 0) is 61.6 Å². The number of hydrogen-bond acceptors (Lipinski definition) is 4. The second-order valence-corrected chi connectivity index (χ2v) is 10.1. The maximum Gasteiger partial charge on any atom is 0.253 e. The standard InChI is InChI=1S/C27H26ClN3O2/c28-24-10-18(27(33)31-14-19-3-4-20(15-31)26(19)32)5-6-23(24)22-9-21(12-29-13-22)17-7-8-30-25(11-17)16-1-2-16/h5-13,16,19-20,26,32H,1-4,14-15H2. The minimum absolute atomic E-state index is 0.0106. The molecule has 2 saturated carbocycles. The van der Waals surface area contributed by atoms with Crippen LogP contribution in [-0.2, 0) is 0 Å². The van der Waals surface area contributed by atoms with Crippen molar-refractivity contribution in [2.75, 3.05) is 13.1 Å². The summed E-state index contributed by atoms with van der Waals surface area (Å²) in [7, 11) is 0. The summed E-state index contributed by atoms with van der Waals surface area (Å²) >= 11 is 6.66. The smallest absolute Gasteiger partial charge is 0.253 e. The molecule has 1 N–H and O–H groups in total. The fraction of sp³-hybridized carbons (Fsp3) is 0.370. The minimum Gasteiger partial charge on any atom is -0.392 e. The molecule has 2 bridgehead atoms. The highest BCUT2D eigenvalue weighted by atomic mass is 35.5. The minimum atomic E-state index is -0.263. The number of fused-ring (bicyclic) bond motifs is 2. The molecule has 33 heavy (non-hydrogen) atoms. The van der Waals surface area contributed by atoms with Gasteiger partial charge in [-0.1, -0.05) is 17.7 Å². The Balaban J connectivity index is 1.25. The topological polar surface area (TPSA) is 66.3 Å². The first-order valence-corrected chi connectivity index (χ1v) is 12.1. The van der Waals surface area contributed by atoms with Crippen LogP contribution in [0.2, 0.25) is 5.02 Å². The third-order valence-electron chi connectivity index (χ3n) is 7.45. The number of carbonyl (C=O) groups is 1. The second kappa shape index (κ2) is 8.23. The van der Waals surface area contributed by atoms with Crippen LogP contribution < -0.4 is 0 Å². The highest BCUT2D eigenvalue weighted by molar-refractivity contribution is 6.33. The van der Waals surface area contributed by atoms with Crippen molar-refractivity contribution in [1.29, 1.82) is 0 Å². The highest BCUT2D eigenvalue weighted by Crippen LogP contribution is 2.40. The fourth-order valence-corrected chi connectivity index (χ4v) is 5.69. The van der Waals surface area contributed by atoms with Crippen molar-refractivity contribution >= 4 is 17.5 Å². The van der Waals surface area contributed by atoms with Crippen LogP contribution in [0.3, 0.4) is 0 Å². The average Bonchev–Trinajstić information content (AvgIpc) is 3.67. The first-order valence-electron chi connectivity index (χ1n) is 11.8. The number of amides is 1. The van der Waals surface area contributed by atoms with E-state index in [9.17, 15) is 9.90 Å². The summed E-state index contributed by atoms with van der Waals surface area (Å²) in [6.45, 7) is 1.24. The van der Waals surface area contributed by atoms with Crippen molar-refractivity contribution in [3.8, 4) is 22.3 Å². The van der Waals surface area contributed by atoms with E-state index in [1.807, 2.05) is 35.5 Å². The Bertz CT molecular complexity index is 1210. The predicted molar refractivity (Wildman–Crippen MR) is 128 cm³/mol. The molecule has 2 aromatic heterocycles. The predicted octanol–water partition coefficient (Wildman–Crippen LogP) is 5.18. The molecule has 1 amide bonds. The van der Waals surface area contributed by atoms with Crippen molar-refractivity contribution in [3.05, 3.63) is 71.3 Å². The van der Waals surface area contributed by atoms with E-state index in [1.165, 1.54) is 12.8 Å². The molecule has 1 aromatic carbocycles. The Morgan fingerprint density at radius 2 is 1.70 bits per heavy atom. The number of nitrogens with zero attached hydrogens (tertiary/aromatic N) is 3. The summed E-state index contributed by atoms with van der Waals surface area (Å²) in [5.41, 5.74) is 5.64. The molecule has 6 rings (SSSR count). The number of halogens is 1. The van der Waals surface area contributed by atoms with E-state index in [0.29, 0.717) is 29.6 Å². The molecular formula is C27H26ClN3O2. The highest BCUT2D eigenvalue weighted by Gasteiger charge is 2.42. The lowest BCUT2D eigenvalue weighted by molar-refractivity contribution is 0.0166. The molecule has 2 atom stereocenters. The van der Waals surface area contributed by atoms with Crippen LogP contribution in [0, 0.1) is 11.8 Å². The Kier molecular flexibility index (Phi) is 5.19. The molecule has 5 nitrogen and oxygen atoms in total. The van der Waals surface area contributed by atoms with Crippen LogP contribution >= 0.6 is 11.6 Å². The molecule has 1 aliphatic heterocycles. The molecule has 0 radical (unpaired) electrons. The van der Waals surface area contributed by atoms with Gasteiger partial charge in [-0.2, -0.15) is 0 Å². The Labute approximate surface area is 198 Å². The van der Waals surface area contributed by atoms with Gasteiger partial charge >= 0.3 is 0 Å². The molecule has 3 heterocycles. The number of hydrogen-bond donors (Lipinski definition) is 1. The Hall–Kier alpha value is -2.76. The van der Waals surface area contributed by atoms with Crippen LogP contribution in [-0.4, -0.2) is 45.1 Å². The first kappa shape index (κ1) is 20.8. The second-order valence-electron chi connectivity index (χ2n) is 9.70. The van der Waals surface area contributed by atoms with Crippen molar-refractivity contribution in [3.63, 3.8) is 0 Å². The zero-order valence-electron chi connectivity index (χ0n) is 18.3. The quantitative estimate of drug-likeness (QED) is 0.583. The molecule has 6 heteroatoms. The number of benzene rings is 1. The van der Waals surface area contributed by atoms with Gasteiger partial charge in [-0.15, -0.1) is 0 Å². The van der Waals surface area contributed by atoms with Gasteiger partial charge in [0.25, 0.3) is 5.91 Å². The van der Waals surface area contributed by atoms with Crippen LogP contribution in [0.15, 0.2) is 55.0 Å². The number of aliphatic hydroxyl groups is 1. The Morgan fingerprint density at radius 3 is 2.42 bits per heavy atom. The van der Waals surface area contributed by atoms with Gasteiger partial charge in [0.2, 0.25) is 0 Å². The molecule has 3 aliphatic rings. The molecule has 168 valence electrons. The number of pyridine rings is 2. The van der Waals surface area contributed by atoms with E-state index in [2.05, 4.69) is 22.1 Å². The summed E-state index contributed by atoms with van der Waals surface area (Å²) in [6, 6.07) is 11.8. The van der Waals surface area contributed by atoms with Gasteiger partial charge in [0.05, 0.1) is 6.10 Å². The van der Waals surface area contributed by atoms with Gasteiger partial charge in [-0.3, -0.25) is 14.8 Å². The molecule has 2 unspecified atom stereocenters. The molecule has 3 aromatic rings. The van der Waals surface area contributed by atoms with Gasteiger partial charge in [0, 0.05) is 82.4 Å². The number of carbonyl (C=O) groups excluding carboxylic acids is 1. The lowest BCUT2D eigenvalue weighted by Gasteiger charge is -2.35. The Morgan fingerprint density at radius 1 is 0.939 bits per heavy atom. The third kappa shape index (κ3) is 3.94. The summed E-state index contributed by atoms with van der Waals surface area (Å²) in [5.74, 6) is 0.984. The van der Waals surface area contributed by atoms with Crippen molar-refractivity contribution < 1.29 is 9.90 Å². The molecular weight excluding hydrogens is 434 g/mol. The normalized spacial score (nSPS) is 24.2. The van der Waals surface area contributed by atoms with E-state index in [1.54, 1.807) is 12.3 Å². The maximum atomic E-state index is 13.1. The zero-order chi connectivity index (χ0) is 22.5. The monoisotopic (exact) mass is 459 g/mol. The number of piperidine rings is 1. The molecule has 3 fully saturated rings. The van der Waals surface area contributed by atoms with Crippen LogP contribution in [0.4, 0.5) is 0 Å². The molecule has 0 spiro atoms. The van der Waals surface area contributed by atoms with Crippen LogP contribution in [0.1, 0.15) is 47.7 Å². The maximum absolute atomic E-state index is 13.1. The van der Waals surface area contributed by atoms with E-state index in [-0.39, 0.29) is 23.8 Å². The third-order valence-corrected chi connectivity index (χ3v) is 7.76. The van der Waals surface area contributed by atoms with E-state index < -0.39 is 0 Å². The largest absolute Gasteiger partial charge is 0.392 e. The summed E-state index contributed by atoms with van der Waals surface area (Å²) < 4.78 is 0. The van der Waals surface area contributed by atoms with E-state index >= 15 is 0 Å². The number of rotatable bonds is 4. The summed E-state index contributed by atoms with van der Waals surface area (Å²) in [4.78, 5) is 24.0. The van der Waals surface area contributed by atoms with Crippen molar-refractivity contribution in [2.24, 2.45) is 11.8 Å². The fourth-order valence-electron chi connectivity index (χ4n) is 5.40. The average molecular weight is 460 g/mol. The van der Waals surface area contributed by atoms with Crippen LogP contribution in [0.25, 0.3) is 22.3 Å². The van der Waals surface area contributed by atoms with Crippen molar-refractivity contribution in [2.45, 2.75) is 37.7 Å². The SMILES string of the molecule is O=C(c1ccc(-c2cncc(-c3ccnc(C4CC4)c3)c2)c(Cl)c1)N1CC2CCC(C1)C2O. The van der Waals surface area contributed by atoms with Crippen molar-refractivity contribution in [1.82, 2.24) is 14.9 Å². The molecule has 1 saturated heterocycles. The molecule has 2 aliphatic carbocycles. The zero-order valence-corrected chi connectivity index (χ0v) is 19.1. The van der Waals surface area contributed by atoms with Gasteiger partial charge in [0.15, 0.2) is 0 Å². The van der Waals surface area contributed by atoms with E-state index in [0.717, 1.165) is 40.8 Å². The first-order chi connectivity index (χ1) is 16.1. The van der Waals surface area contributed by atoms with Gasteiger partial charge in [-0.25, -0.2) is 0 Å². The summed E-state index contributed by atoms with van der Waals surface area (Å²) in [6.07, 6.45) is 9.70. The van der Waals surface area contributed by atoms with Crippen LogP contribution in [0.5, 0.6) is 0 Å². The summed E-state index contributed by atoms with van der Waals surface area (Å²) in [5, 5.41) is 10.8. The number of aliphatic hydroxyl groups excluding tert-OH is 1. The number of likely N-dealkylation sites (tertiary alicyclic amines) is 1. The van der Waals surface area contributed by atoms with Gasteiger partial charge < -0.3 is 10.0 Å². The lowest BCUT2D eigenvalue weighted by Crippen LogP contribution is -2.47. The number of aromatic nitrogens is 2. The lowest BCUT2D eigenvalue weighted by atomic mass is 9.94. The van der Waals surface area contributed by atoms with Gasteiger partial charge in [0.1, 0.15) is 0 Å².